The molecule has 0 aliphatic heterocycles. The largest absolute Gasteiger partial charge is 0.312 e. The van der Waals surface area contributed by atoms with E-state index in [0.717, 1.165) is 33.9 Å². The van der Waals surface area contributed by atoms with E-state index in [9.17, 15) is 0 Å². The Balaban J connectivity index is 1.76. The van der Waals surface area contributed by atoms with E-state index in [2.05, 4.69) is 62.3 Å². The van der Waals surface area contributed by atoms with Crippen LogP contribution in [-0.2, 0) is 6.54 Å². The van der Waals surface area contributed by atoms with Gasteiger partial charge in [-0.1, -0.05) is 19.4 Å². The second kappa shape index (κ2) is 6.35. The minimum Gasteiger partial charge on any atom is -0.312 e. The number of benzene rings is 1. The Bertz CT molecular complexity index is 378. The van der Waals surface area contributed by atoms with Crippen molar-refractivity contribution in [3.8, 4) is 0 Å². The van der Waals surface area contributed by atoms with Gasteiger partial charge in [-0.15, -0.1) is 0 Å². The van der Waals surface area contributed by atoms with Gasteiger partial charge in [0.1, 0.15) is 0 Å². The maximum Gasteiger partial charge on any atom is 0.0320 e. The summed E-state index contributed by atoms with van der Waals surface area (Å²) in [5, 5.41) is 3.57. The first-order valence-electron chi connectivity index (χ1n) is 6.30. The van der Waals surface area contributed by atoms with Crippen LogP contribution >= 0.6 is 31.9 Å². The molecule has 1 N–H and O–H groups in total. The van der Waals surface area contributed by atoms with Crippen molar-refractivity contribution in [3.05, 3.63) is 32.7 Å². The first-order valence-corrected chi connectivity index (χ1v) is 7.88. The molecule has 1 nitrogen and oxygen atoms in total. The van der Waals surface area contributed by atoms with Gasteiger partial charge in [0.05, 0.1) is 0 Å². The van der Waals surface area contributed by atoms with E-state index in [1.165, 1.54) is 24.8 Å². The van der Waals surface area contributed by atoms with Crippen LogP contribution in [-0.4, -0.2) is 6.54 Å². The SMILES string of the molecule is CC1CCC(CNCc2ccc(Br)c(Br)c2)C1. The van der Waals surface area contributed by atoms with Gasteiger partial charge in [-0.05, 0) is 80.8 Å². The van der Waals surface area contributed by atoms with Crippen molar-refractivity contribution in [2.45, 2.75) is 32.7 Å². The molecule has 0 aromatic heterocycles. The highest BCUT2D eigenvalue weighted by Crippen LogP contribution is 2.29. The van der Waals surface area contributed by atoms with Crippen molar-refractivity contribution >= 4 is 31.9 Å². The summed E-state index contributed by atoms with van der Waals surface area (Å²) in [5.41, 5.74) is 1.34. The van der Waals surface area contributed by atoms with Crippen molar-refractivity contribution in [2.75, 3.05) is 6.54 Å². The Morgan fingerprint density at radius 3 is 2.71 bits per heavy atom. The molecule has 0 spiro atoms. The fourth-order valence-electron chi connectivity index (χ4n) is 2.58. The molecule has 0 bridgehead atoms. The third-order valence-corrected chi connectivity index (χ3v) is 5.43. The van der Waals surface area contributed by atoms with Gasteiger partial charge < -0.3 is 5.32 Å². The van der Waals surface area contributed by atoms with Gasteiger partial charge in [-0.3, -0.25) is 0 Å². The first-order chi connectivity index (χ1) is 8.15. The zero-order valence-electron chi connectivity index (χ0n) is 10.2. The summed E-state index contributed by atoms with van der Waals surface area (Å²) in [6, 6.07) is 6.44. The molecule has 2 rings (SSSR count). The predicted molar refractivity (Wildman–Crippen MR) is 80.1 cm³/mol. The van der Waals surface area contributed by atoms with E-state index < -0.39 is 0 Å². The lowest BCUT2D eigenvalue weighted by Gasteiger charge is -2.11. The predicted octanol–water partition coefficient (Wildman–Crippen LogP) is 4.74. The molecule has 3 heteroatoms. The van der Waals surface area contributed by atoms with Crippen LogP contribution in [0.25, 0.3) is 0 Å². The van der Waals surface area contributed by atoms with Crippen LogP contribution in [0, 0.1) is 11.8 Å². The first kappa shape index (κ1) is 13.6. The summed E-state index contributed by atoms with van der Waals surface area (Å²) in [4.78, 5) is 0. The molecule has 1 aromatic rings. The second-order valence-electron chi connectivity index (χ2n) is 5.16. The van der Waals surface area contributed by atoms with Gasteiger partial charge in [-0.2, -0.15) is 0 Å². The van der Waals surface area contributed by atoms with Gasteiger partial charge in [-0.25, -0.2) is 0 Å². The van der Waals surface area contributed by atoms with Gasteiger partial charge >= 0.3 is 0 Å². The average Bonchev–Trinajstić information content (AvgIpc) is 2.70. The third-order valence-electron chi connectivity index (χ3n) is 3.55. The van der Waals surface area contributed by atoms with Crippen LogP contribution in [0.1, 0.15) is 31.7 Å². The van der Waals surface area contributed by atoms with Crippen LogP contribution < -0.4 is 5.32 Å². The molecule has 1 fully saturated rings. The van der Waals surface area contributed by atoms with Crippen LogP contribution in [0.2, 0.25) is 0 Å². The van der Waals surface area contributed by atoms with Crippen molar-refractivity contribution < 1.29 is 0 Å². The number of hydrogen-bond donors (Lipinski definition) is 1. The zero-order valence-corrected chi connectivity index (χ0v) is 13.4. The lowest BCUT2D eigenvalue weighted by atomic mass is 10.1. The van der Waals surface area contributed by atoms with E-state index in [1.807, 2.05) is 0 Å². The van der Waals surface area contributed by atoms with Crippen molar-refractivity contribution in [3.63, 3.8) is 0 Å². The topological polar surface area (TPSA) is 12.0 Å². The standard InChI is InChI=1S/C14H19Br2N/c1-10-2-3-11(6-10)8-17-9-12-4-5-13(15)14(16)7-12/h4-5,7,10-11,17H,2-3,6,8-9H2,1H3. The lowest BCUT2D eigenvalue weighted by Crippen LogP contribution is -2.20. The number of halogens is 2. The quantitative estimate of drug-likeness (QED) is 0.817. The molecule has 0 saturated heterocycles. The molecule has 1 aliphatic carbocycles. The summed E-state index contributed by atoms with van der Waals surface area (Å²) in [6.45, 7) is 4.50. The molecule has 2 unspecified atom stereocenters. The third kappa shape index (κ3) is 4.08. The number of rotatable bonds is 4. The fraction of sp³-hybridized carbons (Fsp3) is 0.571. The molecular weight excluding hydrogens is 342 g/mol. The highest BCUT2D eigenvalue weighted by Gasteiger charge is 2.20. The van der Waals surface area contributed by atoms with E-state index in [-0.39, 0.29) is 0 Å². The highest BCUT2D eigenvalue weighted by atomic mass is 79.9. The van der Waals surface area contributed by atoms with E-state index in [0.29, 0.717) is 0 Å². The number of hydrogen-bond acceptors (Lipinski definition) is 1. The summed E-state index contributed by atoms with van der Waals surface area (Å²) in [7, 11) is 0. The summed E-state index contributed by atoms with van der Waals surface area (Å²) in [6.07, 6.45) is 4.21. The Kier molecular flexibility index (Phi) is 5.07. The fourth-order valence-corrected chi connectivity index (χ4v) is 3.25. The van der Waals surface area contributed by atoms with Crippen molar-refractivity contribution in [1.29, 1.82) is 0 Å². The Labute approximate surface area is 121 Å². The molecule has 1 aliphatic rings. The Morgan fingerprint density at radius 2 is 2.06 bits per heavy atom. The molecule has 0 heterocycles. The highest BCUT2D eigenvalue weighted by molar-refractivity contribution is 9.13. The van der Waals surface area contributed by atoms with Gasteiger partial charge in [0.25, 0.3) is 0 Å². The molecule has 17 heavy (non-hydrogen) atoms. The van der Waals surface area contributed by atoms with Crippen LogP contribution in [0.5, 0.6) is 0 Å². The Morgan fingerprint density at radius 1 is 1.24 bits per heavy atom. The van der Waals surface area contributed by atoms with Crippen LogP contribution in [0.15, 0.2) is 27.1 Å². The van der Waals surface area contributed by atoms with Gasteiger partial charge in [0, 0.05) is 15.5 Å². The van der Waals surface area contributed by atoms with Crippen molar-refractivity contribution in [1.82, 2.24) is 5.32 Å². The minimum absolute atomic E-state index is 0.892. The monoisotopic (exact) mass is 359 g/mol. The minimum atomic E-state index is 0.892. The van der Waals surface area contributed by atoms with E-state index in [4.69, 9.17) is 0 Å². The molecule has 2 atom stereocenters. The molecular formula is C14H19Br2N. The maximum absolute atomic E-state index is 3.57. The van der Waals surface area contributed by atoms with Gasteiger partial charge in [0.15, 0.2) is 0 Å². The Hall–Kier alpha value is 0.140. The van der Waals surface area contributed by atoms with E-state index >= 15 is 0 Å². The molecule has 0 radical (unpaired) electrons. The summed E-state index contributed by atoms with van der Waals surface area (Å²) < 4.78 is 2.25. The normalized spacial score (nSPS) is 24.2. The molecule has 94 valence electrons. The van der Waals surface area contributed by atoms with Crippen molar-refractivity contribution in [2.24, 2.45) is 11.8 Å². The average molecular weight is 361 g/mol. The van der Waals surface area contributed by atoms with Gasteiger partial charge in [0.2, 0.25) is 0 Å². The molecule has 1 aromatic carbocycles. The molecule has 1 saturated carbocycles. The summed E-state index contributed by atoms with van der Waals surface area (Å²) >= 11 is 7.03. The lowest BCUT2D eigenvalue weighted by molar-refractivity contribution is 0.470. The molecule has 0 amide bonds. The maximum atomic E-state index is 3.57. The smallest absolute Gasteiger partial charge is 0.0320 e. The van der Waals surface area contributed by atoms with E-state index in [1.54, 1.807) is 0 Å². The summed E-state index contributed by atoms with van der Waals surface area (Å²) in [5.74, 6) is 1.83. The second-order valence-corrected chi connectivity index (χ2v) is 6.87. The van der Waals surface area contributed by atoms with Crippen LogP contribution in [0.4, 0.5) is 0 Å². The van der Waals surface area contributed by atoms with Crippen LogP contribution in [0.3, 0.4) is 0 Å². The number of nitrogens with one attached hydrogen (secondary N) is 1. The zero-order chi connectivity index (χ0) is 12.3.